The number of carbonyl (C=O) groups excluding carboxylic acids is 3. The zero-order valence-electron chi connectivity index (χ0n) is 10.9. The van der Waals surface area contributed by atoms with E-state index >= 15 is 0 Å². The van der Waals surface area contributed by atoms with Crippen LogP contribution in [0.5, 0.6) is 0 Å². The average molecular weight is 283 g/mol. The second-order valence-corrected chi connectivity index (χ2v) is 3.41. The van der Waals surface area contributed by atoms with E-state index < -0.39 is 34.7 Å². The highest BCUT2D eigenvalue weighted by atomic mass is 16.5. The average Bonchev–Trinajstić information content (AvgIpc) is 2.38. The zero-order chi connectivity index (χ0) is 15.3. The maximum Gasteiger partial charge on any atom is 0.362 e. The maximum absolute atomic E-state index is 11.6. The fourth-order valence-electron chi connectivity index (χ4n) is 1.38. The minimum absolute atomic E-state index is 0.0258. The summed E-state index contributed by atoms with van der Waals surface area (Å²) in [5.74, 6) is 3.93. The van der Waals surface area contributed by atoms with Crippen LogP contribution in [-0.2, 0) is 23.9 Å². The molecule has 0 aromatic heterocycles. The van der Waals surface area contributed by atoms with Crippen LogP contribution in [0.3, 0.4) is 0 Å². The maximum atomic E-state index is 11.6. The first-order chi connectivity index (χ1) is 9.47. The van der Waals surface area contributed by atoms with E-state index in [-0.39, 0.29) is 13.2 Å². The molecule has 0 spiro atoms. The van der Waals surface area contributed by atoms with E-state index in [1.807, 2.05) is 0 Å². The third-order valence-corrected chi connectivity index (χ3v) is 2.17. The van der Waals surface area contributed by atoms with E-state index in [0.717, 1.165) is 0 Å². The van der Waals surface area contributed by atoms with Crippen LogP contribution in [0.4, 0.5) is 0 Å². The molecule has 1 aliphatic heterocycles. The monoisotopic (exact) mass is 283 g/mol. The van der Waals surface area contributed by atoms with Gasteiger partial charge >= 0.3 is 11.9 Å². The van der Waals surface area contributed by atoms with Gasteiger partial charge in [0.15, 0.2) is 11.5 Å². The van der Waals surface area contributed by atoms with E-state index in [1.54, 1.807) is 13.8 Å². The number of esters is 2. The third-order valence-electron chi connectivity index (χ3n) is 2.17. The third kappa shape index (κ3) is 2.85. The first kappa shape index (κ1) is 15.4. The van der Waals surface area contributed by atoms with Crippen LogP contribution in [0.1, 0.15) is 13.8 Å². The Morgan fingerprint density at radius 2 is 1.85 bits per heavy atom. The molecule has 0 atom stereocenters. The molecule has 9 nitrogen and oxygen atoms in total. The summed E-state index contributed by atoms with van der Waals surface area (Å²) in [6.07, 6.45) is 0. The topological polar surface area (TPSA) is 132 Å². The Morgan fingerprint density at radius 1 is 1.30 bits per heavy atom. The van der Waals surface area contributed by atoms with Gasteiger partial charge in [0.2, 0.25) is 5.70 Å². The van der Waals surface area contributed by atoms with Crippen molar-refractivity contribution in [2.24, 2.45) is 10.9 Å². The molecule has 9 heteroatoms. The quantitative estimate of drug-likeness (QED) is 0.389. The van der Waals surface area contributed by atoms with Gasteiger partial charge in [0, 0.05) is 0 Å². The summed E-state index contributed by atoms with van der Waals surface area (Å²) in [7, 11) is 0. The summed E-state index contributed by atoms with van der Waals surface area (Å²) < 4.78 is 9.30. The Morgan fingerprint density at radius 3 is 2.35 bits per heavy atom. The number of aliphatic hydroxyl groups is 1. The number of rotatable bonds is 4. The van der Waals surface area contributed by atoms with E-state index in [9.17, 15) is 19.5 Å². The van der Waals surface area contributed by atoms with Gasteiger partial charge in [0.1, 0.15) is 11.5 Å². The molecular weight excluding hydrogens is 270 g/mol. The molecule has 20 heavy (non-hydrogen) atoms. The van der Waals surface area contributed by atoms with Crippen LogP contribution in [0.2, 0.25) is 0 Å². The number of hydrogen-bond acceptors (Lipinski definition) is 9. The van der Waals surface area contributed by atoms with Gasteiger partial charge in [-0.3, -0.25) is 0 Å². The summed E-state index contributed by atoms with van der Waals surface area (Å²) >= 11 is 0. The number of carbonyl (C=O) groups is 2. The fraction of sp³-hybridized carbons (Fsp3) is 0.364. The molecule has 0 bridgehead atoms. The summed E-state index contributed by atoms with van der Waals surface area (Å²) in [5, 5.41) is 13.8. The normalized spacial score (nSPS) is 14.7. The molecule has 0 fully saturated rings. The van der Waals surface area contributed by atoms with Crippen LogP contribution < -0.4 is 5.84 Å². The first-order valence-corrected chi connectivity index (χ1v) is 5.64. The number of nitrogens with two attached hydrogens (primary N) is 1. The lowest BCUT2D eigenvalue weighted by molar-refractivity contribution is -0.141. The highest BCUT2D eigenvalue weighted by Crippen LogP contribution is 2.21. The minimum Gasteiger partial charge on any atom is -0.504 e. The molecule has 0 amide bonds. The summed E-state index contributed by atoms with van der Waals surface area (Å²) in [4.78, 5) is 34.0. The van der Waals surface area contributed by atoms with Gasteiger partial charge in [-0.15, -0.1) is 5.10 Å². The van der Waals surface area contributed by atoms with Crippen molar-refractivity contribution in [3.8, 4) is 0 Å². The standard InChI is InChI=1S/C11H13N3O6/c1-3-19-10(17)7-6(5-15)9(16)8(14(12)13-7)11(18)20-4-2/h16H,3-4,12H2,1-2H3. The van der Waals surface area contributed by atoms with E-state index in [1.165, 1.54) is 5.94 Å². The van der Waals surface area contributed by atoms with E-state index in [4.69, 9.17) is 5.84 Å². The lowest BCUT2D eigenvalue weighted by Gasteiger charge is -2.22. The van der Waals surface area contributed by atoms with Gasteiger partial charge in [0.25, 0.3) is 0 Å². The highest BCUT2D eigenvalue weighted by molar-refractivity contribution is 6.46. The van der Waals surface area contributed by atoms with Crippen molar-refractivity contribution in [3.05, 3.63) is 17.0 Å². The Bertz CT molecular complexity index is 544. The molecule has 0 aliphatic carbocycles. The molecular formula is C11H13N3O6. The van der Waals surface area contributed by atoms with Crippen LogP contribution in [0.15, 0.2) is 22.1 Å². The van der Waals surface area contributed by atoms with Crippen LogP contribution in [-0.4, -0.2) is 47.0 Å². The van der Waals surface area contributed by atoms with Crippen molar-refractivity contribution in [2.45, 2.75) is 13.8 Å². The van der Waals surface area contributed by atoms with Gasteiger partial charge in [0.05, 0.1) is 13.2 Å². The lowest BCUT2D eigenvalue weighted by Crippen LogP contribution is -2.39. The SMILES string of the molecule is CCOC(=O)C1=NN(N)C(C(=O)OCC)=C(O)C1=C=O. The van der Waals surface area contributed by atoms with Gasteiger partial charge in [-0.25, -0.2) is 20.2 Å². The molecule has 3 N–H and O–H groups in total. The fourth-order valence-corrected chi connectivity index (χ4v) is 1.38. The predicted octanol–water partition coefficient (Wildman–Crippen LogP) is -0.814. The van der Waals surface area contributed by atoms with Crippen LogP contribution >= 0.6 is 0 Å². The summed E-state index contributed by atoms with van der Waals surface area (Å²) in [5.41, 5.74) is -1.73. The van der Waals surface area contributed by atoms with E-state index in [0.29, 0.717) is 5.12 Å². The number of allylic oxidation sites excluding steroid dienone is 1. The largest absolute Gasteiger partial charge is 0.504 e. The first-order valence-electron chi connectivity index (χ1n) is 5.64. The molecule has 0 unspecified atom stereocenters. The number of hydrazine groups is 1. The molecule has 0 radical (unpaired) electrons. The number of ether oxygens (including phenoxy) is 2. The Kier molecular flexibility index (Phi) is 5.01. The molecule has 0 aromatic rings. The summed E-state index contributed by atoms with van der Waals surface area (Å²) in [6.45, 7) is 3.15. The molecule has 1 heterocycles. The van der Waals surface area contributed by atoms with Crippen LogP contribution in [0.25, 0.3) is 0 Å². The van der Waals surface area contributed by atoms with Crippen molar-refractivity contribution in [1.82, 2.24) is 5.12 Å². The van der Waals surface area contributed by atoms with Gasteiger partial charge in [-0.1, -0.05) is 0 Å². The van der Waals surface area contributed by atoms with Crippen molar-refractivity contribution in [2.75, 3.05) is 13.2 Å². The Hall–Kier alpha value is -2.64. The lowest BCUT2D eigenvalue weighted by atomic mass is 10.1. The molecule has 1 rings (SSSR count). The van der Waals surface area contributed by atoms with Gasteiger partial charge in [-0.2, -0.15) is 5.12 Å². The minimum atomic E-state index is -0.994. The molecule has 1 aliphatic rings. The molecule has 0 saturated heterocycles. The Labute approximate surface area is 113 Å². The summed E-state index contributed by atoms with van der Waals surface area (Å²) in [6, 6.07) is 0. The zero-order valence-corrected chi connectivity index (χ0v) is 10.9. The molecule has 108 valence electrons. The molecule has 0 aromatic carbocycles. The Balaban J connectivity index is 3.24. The number of hydrogen-bond donors (Lipinski definition) is 2. The van der Waals surface area contributed by atoms with Crippen molar-refractivity contribution in [1.29, 1.82) is 0 Å². The second kappa shape index (κ2) is 6.50. The van der Waals surface area contributed by atoms with Crippen molar-refractivity contribution >= 4 is 23.6 Å². The molecule has 0 saturated carbocycles. The number of nitrogens with zero attached hydrogens (tertiary/aromatic N) is 2. The van der Waals surface area contributed by atoms with Crippen molar-refractivity contribution in [3.63, 3.8) is 0 Å². The van der Waals surface area contributed by atoms with Gasteiger partial charge < -0.3 is 14.6 Å². The highest BCUT2D eigenvalue weighted by Gasteiger charge is 2.35. The second-order valence-electron chi connectivity index (χ2n) is 3.41. The number of hydrazone groups is 1. The predicted molar refractivity (Wildman–Crippen MR) is 65.6 cm³/mol. The van der Waals surface area contributed by atoms with E-state index in [2.05, 4.69) is 14.6 Å². The van der Waals surface area contributed by atoms with Crippen molar-refractivity contribution < 1.29 is 29.0 Å². The van der Waals surface area contributed by atoms with Crippen LogP contribution in [0, 0.1) is 0 Å². The smallest absolute Gasteiger partial charge is 0.362 e. The number of aliphatic hydroxyl groups excluding tert-OH is 1. The van der Waals surface area contributed by atoms with Gasteiger partial charge in [-0.05, 0) is 13.8 Å².